The van der Waals surface area contributed by atoms with Gasteiger partial charge in [-0.15, -0.1) is 0 Å². The van der Waals surface area contributed by atoms with Gasteiger partial charge in [0.2, 0.25) is 0 Å². The standard InChI is InChI=1S/C13H19NO2/c1-4-16-13(15)14-11(3)9-12-8-6-5-7-10(12)2/h5-8,11H,4,9H2,1-3H3,(H,14,15). The summed E-state index contributed by atoms with van der Waals surface area (Å²) < 4.78 is 4.83. The molecule has 1 aromatic carbocycles. The predicted octanol–water partition coefficient (Wildman–Crippen LogP) is 2.67. The maximum atomic E-state index is 11.2. The molecule has 16 heavy (non-hydrogen) atoms. The minimum absolute atomic E-state index is 0.0835. The van der Waals surface area contributed by atoms with Crippen molar-refractivity contribution in [3.05, 3.63) is 35.4 Å². The van der Waals surface area contributed by atoms with E-state index in [2.05, 4.69) is 24.4 Å². The highest BCUT2D eigenvalue weighted by Crippen LogP contribution is 2.09. The van der Waals surface area contributed by atoms with Crippen LogP contribution >= 0.6 is 0 Å². The third-order valence-corrected chi connectivity index (χ3v) is 2.43. The minimum Gasteiger partial charge on any atom is -0.450 e. The van der Waals surface area contributed by atoms with Crippen LogP contribution in [0.1, 0.15) is 25.0 Å². The highest BCUT2D eigenvalue weighted by atomic mass is 16.5. The highest BCUT2D eigenvalue weighted by Gasteiger charge is 2.09. The Kier molecular flexibility index (Phi) is 4.83. The zero-order valence-electron chi connectivity index (χ0n) is 10.1. The van der Waals surface area contributed by atoms with Gasteiger partial charge in [-0.1, -0.05) is 24.3 Å². The van der Waals surface area contributed by atoms with Crippen molar-refractivity contribution in [2.24, 2.45) is 0 Å². The van der Waals surface area contributed by atoms with E-state index in [1.165, 1.54) is 11.1 Å². The molecule has 0 radical (unpaired) electrons. The lowest BCUT2D eigenvalue weighted by Crippen LogP contribution is -2.34. The molecule has 0 bridgehead atoms. The van der Waals surface area contributed by atoms with E-state index in [9.17, 15) is 4.79 Å². The first-order valence-corrected chi connectivity index (χ1v) is 5.61. The Balaban J connectivity index is 2.48. The average molecular weight is 221 g/mol. The number of nitrogens with one attached hydrogen (secondary N) is 1. The Bertz CT molecular complexity index is 350. The topological polar surface area (TPSA) is 38.3 Å². The third-order valence-electron chi connectivity index (χ3n) is 2.43. The Hall–Kier alpha value is -1.51. The Morgan fingerprint density at radius 2 is 2.12 bits per heavy atom. The molecule has 3 heteroatoms. The number of carbonyl (C=O) groups is 1. The summed E-state index contributed by atoms with van der Waals surface area (Å²) in [5, 5.41) is 2.80. The summed E-state index contributed by atoms with van der Waals surface area (Å²) in [6.07, 6.45) is 0.481. The van der Waals surface area contributed by atoms with Crippen molar-refractivity contribution < 1.29 is 9.53 Å². The fourth-order valence-electron chi connectivity index (χ4n) is 1.59. The first-order valence-electron chi connectivity index (χ1n) is 5.61. The maximum absolute atomic E-state index is 11.2. The molecule has 0 spiro atoms. The van der Waals surface area contributed by atoms with Crippen LogP contribution < -0.4 is 5.32 Å². The van der Waals surface area contributed by atoms with Crippen molar-refractivity contribution in [1.29, 1.82) is 0 Å². The zero-order chi connectivity index (χ0) is 12.0. The van der Waals surface area contributed by atoms with Gasteiger partial charge in [0.15, 0.2) is 0 Å². The van der Waals surface area contributed by atoms with Crippen LogP contribution in [0, 0.1) is 6.92 Å². The van der Waals surface area contributed by atoms with Crippen molar-refractivity contribution >= 4 is 6.09 Å². The number of carbonyl (C=O) groups excluding carboxylic acids is 1. The minimum atomic E-state index is -0.344. The van der Waals surface area contributed by atoms with Crippen molar-refractivity contribution in [2.75, 3.05) is 6.61 Å². The lowest BCUT2D eigenvalue weighted by Gasteiger charge is -2.14. The lowest BCUT2D eigenvalue weighted by atomic mass is 10.0. The summed E-state index contributed by atoms with van der Waals surface area (Å²) in [7, 11) is 0. The second kappa shape index (κ2) is 6.16. The summed E-state index contributed by atoms with van der Waals surface area (Å²) in [5.74, 6) is 0. The monoisotopic (exact) mass is 221 g/mol. The van der Waals surface area contributed by atoms with Gasteiger partial charge in [-0.2, -0.15) is 0 Å². The average Bonchev–Trinajstić information content (AvgIpc) is 2.21. The van der Waals surface area contributed by atoms with Gasteiger partial charge in [-0.05, 0) is 38.3 Å². The third kappa shape index (κ3) is 3.93. The van der Waals surface area contributed by atoms with Gasteiger partial charge in [-0.25, -0.2) is 4.79 Å². The quantitative estimate of drug-likeness (QED) is 0.848. The molecule has 0 aliphatic heterocycles. The van der Waals surface area contributed by atoms with Gasteiger partial charge >= 0.3 is 6.09 Å². The molecule has 3 nitrogen and oxygen atoms in total. The van der Waals surface area contributed by atoms with Crippen LogP contribution in [0.4, 0.5) is 4.79 Å². The Labute approximate surface area is 96.8 Å². The largest absolute Gasteiger partial charge is 0.450 e. The molecule has 0 saturated carbocycles. The van der Waals surface area contributed by atoms with Crippen molar-refractivity contribution in [2.45, 2.75) is 33.2 Å². The molecule has 0 heterocycles. The van der Waals surface area contributed by atoms with Crippen LogP contribution in [0.15, 0.2) is 24.3 Å². The SMILES string of the molecule is CCOC(=O)NC(C)Cc1ccccc1C. The molecule has 1 atom stereocenters. The number of hydrogen-bond donors (Lipinski definition) is 1. The number of aryl methyl sites for hydroxylation is 1. The second-order valence-corrected chi connectivity index (χ2v) is 3.90. The van der Waals surface area contributed by atoms with E-state index in [-0.39, 0.29) is 12.1 Å². The number of ether oxygens (including phenoxy) is 1. The van der Waals surface area contributed by atoms with Gasteiger partial charge in [0.05, 0.1) is 6.61 Å². The first kappa shape index (κ1) is 12.6. The van der Waals surface area contributed by atoms with Crippen LogP contribution in [0.5, 0.6) is 0 Å². The number of alkyl carbamates (subject to hydrolysis) is 1. The summed E-state index contributed by atoms with van der Waals surface area (Å²) in [6, 6.07) is 8.27. The second-order valence-electron chi connectivity index (χ2n) is 3.90. The molecule has 1 rings (SSSR count). The van der Waals surface area contributed by atoms with Gasteiger partial charge in [-0.3, -0.25) is 0 Å². The van der Waals surface area contributed by atoms with Crippen molar-refractivity contribution in [3.8, 4) is 0 Å². The molecule has 0 fully saturated rings. The van der Waals surface area contributed by atoms with Gasteiger partial charge in [0.25, 0.3) is 0 Å². The van der Waals surface area contributed by atoms with Crippen molar-refractivity contribution in [3.63, 3.8) is 0 Å². The molecule has 0 aliphatic rings. The molecule has 1 amide bonds. The van der Waals surface area contributed by atoms with E-state index in [0.717, 1.165) is 6.42 Å². The summed E-state index contributed by atoms with van der Waals surface area (Å²) in [5.41, 5.74) is 2.51. The van der Waals surface area contributed by atoms with Crippen LogP contribution in [0.3, 0.4) is 0 Å². The summed E-state index contributed by atoms with van der Waals surface area (Å²) in [4.78, 5) is 11.2. The number of amides is 1. The predicted molar refractivity (Wildman–Crippen MR) is 64.5 cm³/mol. The molecule has 1 N–H and O–H groups in total. The Morgan fingerprint density at radius 1 is 1.44 bits per heavy atom. The fourth-order valence-corrected chi connectivity index (χ4v) is 1.59. The fraction of sp³-hybridized carbons (Fsp3) is 0.462. The highest BCUT2D eigenvalue weighted by molar-refractivity contribution is 5.67. The molecule has 1 unspecified atom stereocenters. The zero-order valence-corrected chi connectivity index (χ0v) is 10.1. The van der Waals surface area contributed by atoms with E-state index in [1.807, 2.05) is 19.1 Å². The van der Waals surface area contributed by atoms with Crippen LogP contribution in [-0.2, 0) is 11.2 Å². The van der Waals surface area contributed by atoms with E-state index in [0.29, 0.717) is 6.61 Å². The molecular formula is C13H19NO2. The van der Waals surface area contributed by atoms with Gasteiger partial charge < -0.3 is 10.1 Å². The molecule has 0 saturated heterocycles. The first-order chi connectivity index (χ1) is 7.63. The van der Waals surface area contributed by atoms with Gasteiger partial charge in [0, 0.05) is 6.04 Å². The maximum Gasteiger partial charge on any atom is 0.407 e. The molecule has 0 aromatic heterocycles. The van der Waals surface area contributed by atoms with E-state index < -0.39 is 0 Å². The molecular weight excluding hydrogens is 202 g/mol. The number of benzene rings is 1. The van der Waals surface area contributed by atoms with Crippen molar-refractivity contribution in [1.82, 2.24) is 5.32 Å². The summed E-state index contributed by atoms with van der Waals surface area (Å²) >= 11 is 0. The van der Waals surface area contributed by atoms with Crippen LogP contribution in [-0.4, -0.2) is 18.7 Å². The van der Waals surface area contributed by atoms with Gasteiger partial charge in [0.1, 0.15) is 0 Å². The van der Waals surface area contributed by atoms with E-state index >= 15 is 0 Å². The molecule has 0 aliphatic carbocycles. The number of hydrogen-bond acceptors (Lipinski definition) is 2. The number of rotatable bonds is 4. The smallest absolute Gasteiger partial charge is 0.407 e. The Morgan fingerprint density at radius 3 is 2.75 bits per heavy atom. The normalized spacial score (nSPS) is 11.9. The van der Waals surface area contributed by atoms with E-state index in [1.54, 1.807) is 6.92 Å². The van der Waals surface area contributed by atoms with Crippen LogP contribution in [0.25, 0.3) is 0 Å². The lowest BCUT2D eigenvalue weighted by molar-refractivity contribution is 0.149. The summed E-state index contributed by atoms with van der Waals surface area (Å²) in [6.45, 7) is 6.25. The molecule has 1 aromatic rings. The van der Waals surface area contributed by atoms with Crippen LogP contribution in [0.2, 0.25) is 0 Å². The van der Waals surface area contributed by atoms with E-state index in [4.69, 9.17) is 4.74 Å². The molecule has 88 valence electrons.